The first kappa shape index (κ1) is 34.3. The minimum atomic E-state index is -3.67. The quantitative estimate of drug-likeness (QED) is 0.143. The van der Waals surface area contributed by atoms with Crippen molar-refractivity contribution in [3.63, 3.8) is 0 Å². The van der Waals surface area contributed by atoms with Crippen LogP contribution in [0.25, 0.3) is 10.9 Å². The van der Waals surface area contributed by atoms with E-state index in [1.165, 1.54) is 0 Å². The average Bonchev–Trinajstić information content (AvgIpc) is 3.38. The number of morpholine rings is 1. The van der Waals surface area contributed by atoms with Crippen LogP contribution in [0.15, 0.2) is 66.0 Å². The molecule has 1 aliphatic rings. The number of H-pyrrole nitrogens is 1. The highest BCUT2D eigenvalue weighted by atomic mass is 32.2. The minimum Gasteiger partial charge on any atom is -0.463 e. The summed E-state index contributed by atoms with van der Waals surface area (Å²) in [4.78, 5) is 19.1. The van der Waals surface area contributed by atoms with Crippen molar-refractivity contribution in [3.8, 4) is 6.01 Å². The standard InChI is InChI=1S/C25H27N7O2.2CH4O3S/c1-31(28-18-19-17-27-22-8-3-2-7-21(19)22)23-16-24(32-11-14-33-15-12-32)30-25(29-23)34-13-9-20-6-4-5-10-26-20;2*1-5(2,3)4/h2-8,10,16-18,27H,9,11-15H2,1H3;2*1H3,(H,2,3,4)/b28-18+;;. The number of nitrogens with zero attached hydrogens (tertiary/aromatic N) is 6. The molecule has 238 valence electrons. The topological polar surface area (TPSA) is 200 Å². The lowest BCUT2D eigenvalue weighted by Gasteiger charge is -2.28. The molecule has 0 spiro atoms. The molecule has 15 nitrogen and oxygen atoms in total. The maximum absolute atomic E-state index is 9.19. The van der Waals surface area contributed by atoms with Gasteiger partial charge in [-0.2, -0.15) is 31.9 Å². The molecule has 4 aromatic rings. The van der Waals surface area contributed by atoms with Crippen LogP contribution in [0.3, 0.4) is 0 Å². The van der Waals surface area contributed by atoms with Crippen LogP contribution < -0.4 is 14.6 Å². The van der Waals surface area contributed by atoms with Gasteiger partial charge in [-0.1, -0.05) is 24.3 Å². The Morgan fingerprint density at radius 3 is 2.36 bits per heavy atom. The van der Waals surface area contributed by atoms with Crippen LogP contribution in [0.5, 0.6) is 6.01 Å². The van der Waals surface area contributed by atoms with Crippen LogP contribution in [0, 0.1) is 0 Å². The third kappa shape index (κ3) is 13.0. The second-order valence-corrected chi connectivity index (χ2v) is 12.3. The SMILES string of the molecule is CN(/N=C/c1c[nH]c2ccccc12)c1cc(N2CCOCC2)nc(OCCc2ccccn2)n1.CS(=O)(=O)O.CS(=O)(=O)O. The summed E-state index contributed by atoms with van der Waals surface area (Å²) in [5.74, 6) is 1.45. The number of ether oxygens (including phenoxy) is 2. The monoisotopic (exact) mass is 649 g/mol. The van der Waals surface area contributed by atoms with Gasteiger partial charge in [0.1, 0.15) is 5.82 Å². The van der Waals surface area contributed by atoms with Crippen molar-refractivity contribution in [1.82, 2.24) is 19.9 Å². The average molecular weight is 650 g/mol. The van der Waals surface area contributed by atoms with Crippen molar-refractivity contribution in [3.05, 3.63) is 72.2 Å². The number of nitrogens with one attached hydrogen (secondary N) is 1. The molecule has 1 fully saturated rings. The minimum absolute atomic E-state index is 0.323. The van der Waals surface area contributed by atoms with Crippen molar-refractivity contribution in [2.45, 2.75) is 6.42 Å². The van der Waals surface area contributed by atoms with Gasteiger partial charge >= 0.3 is 6.01 Å². The fourth-order valence-corrected chi connectivity index (χ4v) is 3.79. The lowest BCUT2D eigenvalue weighted by atomic mass is 10.2. The van der Waals surface area contributed by atoms with Gasteiger partial charge in [0.25, 0.3) is 20.2 Å². The normalized spacial score (nSPS) is 13.5. The van der Waals surface area contributed by atoms with E-state index < -0.39 is 20.2 Å². The van der Waals surface area contributed by atoms with E-state index in [2.05, 4.69) is 36.0 Å². The number of pyridine rings is 1. The van der Waals surface area contributed by atoms with E-state index in [0.717, 1.165) is 41.1 Å². The first-order valence-corrected chi connectivity index (χ1v) is 16.9. The summed E-state index contributed by atoms with van der Waals surface area (Å²) in [6.45, 7) is 3.32. The number of hydrogen-bond donors (Lipinski definition) is 3. The molecule has 44 heavy (non-hydrogen) atoms. The summed E-state index contributed by atoms with van der Waals surface area (Å²) in [5, 5.41) is 7.49. The van der Waals surface area contributed by atoms with Gasteiger partial charge < -0.3 is 19.4 Å². The number of fused-ring (bicyclic) bond motifs is 1. The lowest BCUT2D eigenvalue weighted by molar-refractivity contribution is 0.122. The summed E-state index contributed by atoms with van der Waals surface area (Å²) < 4.78 is 63.2. The van der Waals surface area contributed by atoms with Crippen LogP contribution >= 0.6 is 0 Å². The Kier molecular flexibility index (Phi) is 12.5. The van der Waals surface area contributed by atoms with Gasteiger partial charge in [0.2, 0.25) is 0 Å². The fourth-order valence-electron chi connectivity index (χ4n) is 3.79. The van der Waals surface area contributed by atoms with Gasteiger partial charge in [-0.05, 0) is 18.2 Å². The zero-order valence-electron chi connectivity index (χ0n) is 24.4. The molecule has 5 rings (SSSR count). The van der Waals surface area contributed by atoms with Gasteiger partial charge in [-0.3, -0.25) is 19.1 Å². The third-order valence-electron chi connectivity index (χ3n) is 5.65. The molecule has 0 amide bonds. The molecule has 1 aliphatic heterocycles. The molecule has 0 bridgehead atoms. The Morgan fingerprint density at radius 1 is 1.05 bits per heavy atom. The number of para-hydroxylation sites is 1. The van der Waals surface area contributed by atoms with E-state index in [1.54, 1.807) is 11.2 Å². The van der Waals surface area contributed by atoms with Crippen molar-refractivity contribution in [2.75, 3.05) is 62.4 Å². The van der Waals surface area contributed by atoms with Crippen LogP contribution in [-0.4, -0.2) is 105 Å². The first-order chi connectivity index (χ1) is 20.8. The number of rotatable bonds is 8. The number of anilines is 2. The Labute approximate surface area is 256 Å². The highest BCUT2D eigenvalue weighted by Gasteiger charge is 2.17. The number of benzene rings is 1. The zero-order chi connectivity index (χ0) is 32.2. The van der Waals surface area contributed by atoms with Crippen molar-refractivity contribution in [1.29, 1.82) is 0 Å². The molecular formula is C27H35N7O8S2. The van der Waals surface area contributed by atoms with Gasteiger partial charge in [0.05, 0.1) is 38.5 Å². The van der Waals surface area contributed by atoms with E-state index in [0.29, 0.717) is 50.6 Å². The summed E-state index contributed by atoms with van der Waals surface area (Å²) in [5.41, 5.74) is 3.05. The van der Waals surface area contributed by atoms with Crippen molar-refractivity contribution >= 4 is 49.0 Å². The van der Waals surface area contributed by atoms with Crippen molar-refractivity contribution < 1.29 is 35.4 Å². The number of hydrazone groups is 1. The second kappa shape index (κ2) is 16.1. The molecule has 0 radical (unpaired) electrons. The highest BCUT2D eigenvalue weighted by Crippen LogP contribution is 2.23. The van der Waals surface area contributed by atoms with Gasteiger partial charge in [0.15, 0.2) is 5.82 Å². The van der Waals surface area contributed by atoms with Gasteiger partial charge in [-0.15, -0.1) is 0 Å². The molecule has 0 aliphatic carbocycles. The molecule has 0 unspecified atom stereocenters. The van der Waals surface area contributed by atoms with Gasteiger partial charge in [0, 0.05) is 67.2 Å². The summed E-state index contributed by atoms with van der Waals surface area (Å²) >= 11 is 0. The van der Waals surface area contributed by atoms with Gasteiger partial charge in [-0.25, -0.2) is 0 Å². The van der Waals surface area contributed by atoms with Crippen molar-refractivity contribution in [2.24, 2.45) is 5.10 Å². The van der Waals surface area contributed by atoms with E-state index in [1.807, 2.05) is 61.9 Å². The highest BCUT2D eigenvalue weighted by molar-refractivity contribution is 7.85. The second-order valence-electron chi connectivity index (χ2n) is 9.41. The zero-order valence-corrected chi connectivity index (χ0v) is 26.1. The Bertz CT molecular complexity index is 1680. The van der Waals surface area contributed by atoms with Crippen LogP contribution in [0.1, 0.15) is 11.3 Å². The van der Waals surface area contributed by atoms with E-state index >= 15 is 0 Å². The molecule has 0 atom stereocenters. The van der Waals surface area contributed by atoms with Crippen LogP contribution in [-0.2, 0) is 31.4 Å². The predicted molar refractivity (Wildman–Crippen MR) is 168 cm³/mol. The maximum Gasteiger partial charge on any atom is 0.320 e. The lowest BCUT2D eigenvalue weighted by Crippen LogP contribution is -2.37. The Morgan fingerprint density at radius 2 is 1.70 bits per heavy atom. The van der Waals surface area contributed by atoms with E-state index in [-0.39, 0.29) is 0 Å². The molecular weight excluding hydrogens is 614 g/mol. The first-order valence-electron chi connectivity index (χ1n) is 13.2. The number of aromatic amines is 1. The predicted octanol–water partition coefficient (Wildman–Crippen LogP) is 2.29. The molecule has 3 aromatic heterocycles. The summed E-state index contributed by atoms with van der Waals surface area (Å²) in [6, 6.07) is 16.3. The number of hydrogen-bond acceptors (Lipinski definition) is 12. The molecule has 4 heterocycles. The smallest absolute Gasteiger partial charge is 0.320 e. The Balaban J connectivity index is 0.000000461. The summed E-state index contributed by atoms with van der Waals surface area (Å²) in [6.07, 6.45) is 7.67. The molecule has 0 saturated carbocycles. The third-order valence-corrected chi connectivity index (χ3v) is 5.65. The fraction of sp³-hybridized carbons (Fsp3) is 0.333. The Hall–Kier alpha value is -4.16. The van der Waals surface area contributed by atoms with Crippen LogP contribution in [0.4, 0.5) is 11.6 Å². The molecule has 3 N–H and O–H groups in total. The maximum atomic E-state index is 9.19. The molecule has 17 heteroatoms. The summed E-state index contributed by atoms with van der Waals surface area (Å²) in [7, 11) is -5.46. The molecule has 1 aromatic carbocycles. The van der Waals surface area contributed by atoms with E-state index in [9.17, 15) is 16.8 Å². The number of aromatic nitrogens is 4. The largest absolute Gasteiger partial charge is 0.463 e. The van der Waals surface area contributed by atoms with E-state index in [4.69, 9.17) is 18.6 Å². The molecule has 1 saturated heterocycles. The van der Waals surface area contributed by atoms with Crippen LogP contribution in [0.2, 0.25) is 0 Å².